The molecule has 0 saturated carbocycles. The van der Waals surface area contributed by atoms with Gasteiger partial charge in [0.15, 0.2) is 5.78 Å². The maximum absolute atomic E-state index is 12.4. The van der Waals surface area contributed by atoms with Crippen LogP contribution in [-0.2, 0) is 10.0 Å². The third kappa shape index (κ3) is 2.57. The van der Waals surface area contributed by atoms with Gasteiger partial charge in [-0.1, -0.05) is 11.6 Å². The van der Waals surface area contributed by atoms with Gasteiger partial charge < -0.3 is 0 Å². The minimum absolute atomic E-state index is 0.0278. The van der Waals surface area contributed by atoms with Crippen LogP contribution in [0.2, 0.25) is 0 Å². The second-order valence-corrected chi connectivity index (χ2v) is 6.15. The normalized spacial score (nSPS) is 11.5. The van der Waals surface area contributed by atoms with Crippen molar-refractivity contribution in [2.75, 3.05) is 5.88 Å². The summed E-state index contributed by atoms with van der Waals surface area (Å²) in [5.74, 6) is -0.659. The topological polar surface area (TPSA) is 56.1 Å². The summed E-state index contributed by atoms with van der Waals surface area (Å²) in [7, 11) is -3.76. The van der Waals surface area contributed by atoms with Gasteiger partial charge in [-0.2, -0.15) is 0 Å². The summed E-state index contributed by atoms with van der Waals surface area (Å²) in [6, 6.07) is 7.84. The Bertz CT molecular complexity index is 705. The first-order valence-corrected chi connectivity index (χ1v) is 7.52. The van der Waals surface area contributed by atoms with E-state index >= 15 is 0 Å². The van der Waals surface area contributed by atoms with Crippen LogP contribution in [0.5, 0.6) is 0 Å². The lowest BCUT2D eigenvalue weighted by atomic mass is 10.1. The Morgan fingerprint density at radius 3 is 2.47 bits per heavy atom. The first-order chi connectivity index (χ1) is 8.96. The van der Waals surface area contributed by atoms with Gasteiger partial charge in [0.25, 0.3) is 10.0 Å². The number of hydrogen-bond donors (Lipinski definition) is 0. The molecule has 0 aliphatic rings. The Morgan fingerprint density at radius 1 is 1.26 bits per heavy atom. The number of aromatic nitrogens is 1. The highest BCUT2D eigenvalue weighted by atomic mass is 35.5. The zero-order valence-electron chi connectivity index (χ0n) is 10.2. The predicted molar refractivity (Wildman–Crippen MR) is 73.2 cm³/mol. The van der Waals surface area contributed by atoms with Crippen LogP contribution >= 0.6 is 11.6 Å². The Kier molecular flexibility index (Phi) is 3.78. The minimum atomic E-state index is -3.76. The van der Waals surface area contributed by atoms with Gasteiger partial charge in [0, 0.05) is 18.0 Å². The molecule has 1 aromatic carbocycles. The molecule has 100 valence electrons. The molecule has 0 atom stereocenters. The molecule has 0 aliphatic heterocycles. The number of halogens is 1. The van der Waals surface area contributed by atoms with Crippen LogP contribution in [-0.4, -0.2) is 24.1 Å². The second kappa shape index (κ2) is 5.19. The number of ketones is 1. The molecule has 2 aromatic rings. The van der Waals surface area contributed by atoms with Crippen LogP contribution in [0.25, 0.3) is 0 Å². The van der Waals surface area contributed by atoms with E-state index in [0.29, 0.717) is 0 Å². The third-order valence-electron chi connectivity index (χ3n) is 2.69. The Balaban J connectivity index is 2.66. The molecule has 6 heteroatoms. The maximum atomic E-state index is 12.4. The van der Waals surface area contributed by atoms with Crippen LogP contribution in [0.15, 0.2) is 47.6 Å². The number of aryl methyl sites for hydroxylation is 1. The van der Waals surface area contributed by atoms with Gasteiger partial charge in [0.2, 0.25) is 0 Å². The molecular weight excluding hydrogens is 286 g/mol. The van der Waals surface area contributed by atoms with E-state index < -0.39 is 15.8 Å². The van der Waals surface area contributed by atoms with Gasteiger partial charge in [0.1, 0.15) is 0 Å². The number of benzene rings is 1. The van der Waals surface area contributed by atoms with Gasteiger partial charge in [-0.25, -0.2) is 12.4 Å². The first-order valence-electron chi connectivity index (χ1n) is 5.55. The molecule has 0 aliphatic carbocycles. The van der Waals surface area contributed by atoms with Crippen molar-refractivity contribution in [2.45, 2.75) is 11.8 Å². The largest absolute Gasteiger partial charge is 0.293 e. The molecule has 0 N–H and O–H groups in total. The van der Waals surface area contributed by atoms with Gasteiger partial charge in [-0.3, -0.25) is 4.79 Å². The van der Waals surface area contributed by atoms with Gasteiger partial charge in [-0.05, 0) is 31.2 Å². The van der Waals surface area contributed by atoms with E-state index in [2.05, 4.69) is 0 Å². The Hall–Kier alpha value is -1.59. The quantitative estimate of drug-likeness (QED) is 0.643. The molecule has 0 fully saturated rings. The molecule has 0 saturated heterocycles. The first kappa shape index (κ1) is 13.8. The van der Waals surface area contributed by atoms with Crippen molar-refractivity contribution in [3.8, 4) is 0 Å². The molecule has 0 bridgehead atoms. The number of alkyl halides is 1. The number of carbonyl (C=O) groups is 1. The predicted octanol–water partition coefficient (Wildman–Crippen LogP) is 2.46. The zero-order valence-corrected chi connectivity index (χ0v) is 11.8. The lowest BCUT2D eigenvalue weighted by molar-refractivity contribution is 0.101. The molecule has 0 unspecified atom stereocenters. The van der Waals surface area contributed by atoms with E-state index in [0.717, 1.165) is 9.54 Å². The SMILES string of the molecule is Cc1ccc(S(=O)(=O)n2cccc2)c(C(=O)CCl)c1. The summed E-state index contributed by atoms with van der Waals surface area (Å²) < 4.78 is 25.9. The number of nitrogens with zero attached hydrogens (tertiary/aromatic N) is 1. The highest BCUT2D eigenvalue weighted by Crippen LogP contribution is 2.21. The smallest absolute Gasteiger partial charge is 0.268 e. The van der Waals surface area contributed by atoms with E-state index in [1.54, 1.807) is 31.2 Å². The van der Waals surface area contributed by atoms with Crippen LogP contribution in [0.4, 0.5) is 0 Å². The number of Topliss-reactive ketones (excluding diaryl/α,β-unsaturated/α-hetero) is 1. The van der Waals surface area contributed by atoms with Gasteiger partial charge in [-0.15, -0.1) is 11.6 Å². The lowest BCUT2D eigenvalue weighted by Gasteiger charge is -2.10. The van der Waals surface area contributed by atoms with Crippen molar-refractivity contribution in [2.24, 2.45) is 0 Å². The average Bonchev–Trinajstić information content (AvgIpc) is 2.92. The van der Waals surface area contributed by atoms with Crippen molar-refractivity contribution in [3.63, 3.8) is 0 Å². The van der Waals surface area contributed by atoms with Crippen molar-refractivity contribution >= 4 is 27.4 Å². The summed E-state index contributed by atoms with van der Waals surface area (Å²) in [5.41, 5.74) is 0.934. The molecule has 0 spiro atoms. The summed E-state index contributed by atoms with van der Waals surface area (Å²) in [4.78, 5) is 11.8. The Labute approximate surface area is 116 Å². The van der Waals surface area contributed by atoms with Crippen LogP contribution in [0.3, 0.4) is 0 Å². The van der Waals surface area contributed by atoms with Gasteiger partial charge >= 0.3 is 0 Å². The van der Waals surface area contributed by atoms with E-state index in [-0.39, 0.29) is 16.3 Å². The summed E-state index contributed by atoms with van der Waals surface area (Å²) in [5, 5.41) is 0. The second-order valence-electron chi connectivity index (χ2n) is 4.07. The standard InChI is InChI=1S/C13H12ClNO3S/c1-10-4-5-13(11(8-10)12(16)9-14)19(17,18)15-6-2-3-7-15/h2-8H,9H2,1H3. The van der Waals surface area contributed by atoms with Crippen molar-refractivity contribution in [3.05, 3.63) is 53.9 Å². The van der Waals surface area contributed by atoms with E-state index in [9.17, 15) is 13.2 Å². The lowest BCUT2D eigenvalue weighted by Crippen LogP contribution is -2.16. The monoisotopic (exact) mass is 297 g/mol. The zero-order chi connectivity index (χ0) is 14.0. The molecule has 0 radical (unpaired) electrons. The molecule has 0 amide bonds. The van der Waals surface area contributed by atoms with E-state index in [1.165, 1.54) is 18.5 Å². The summed E-state index contributed by atoms with van der Waals surface area (Å²) >= 11 is 5.53. The van der Waals surface area contributed by atoms with Gasteiger partial charge in [0.05, 0.1) is 10.8 Å². The van der Waals surface area contributed by atoms with Crippen molar-refractivity contribution in [1.29, 1.82) is 0 Å². The minimum Gasteiger partial charge on any atom is -0.293 e. The van der Waals surface area contributed by atoms with E-state index in [1.807, 2.05) is 0 Å². The molecule has 2 rings (SSSR count). The molecule has 1 heterocycles. The molecule has 19 heavy (non-hydrogen) atoms. The number of hydrogen-bond acceptors (Lipinski definition) is 3. The van der Waals surface area contributed by atoms with Crippen LogP contribution in [0.1, 0.15) is 15.9 Å². The van der Waals surface area contributed by atoms with Crippen molar-refractivity contribution < 1.29 is 13.2 Å². The van der Waals surface area contributed by atoms with Crippen LogP contribution in [0, 0.1) is 6.92 Å². The highest BCUT2D eigenvalue weighted by molar-refractivity contribution is 7.90. The molecule has 1 aromatic heterocycles. The van der Waals surface area contributed by atoms with E-state index in [4.69, 9.17) is 11.6 Å². The highest BCUT2D eigenvalue weighted by Gasteiger charge is 2.23. The summed E-state index contributed by atoms with van der Waals surface area (Å²) in [6.45, 7) is 1.79. The fourth-order valence-corrected chi connectivity index (χ4v) is 3.27. The fraction of sp³-hybridized carbons (Fsp3) is 0.154. The maximum Gasteiger partial charge on any atom is 0.268 e. The molecular formula is C13H12ClNO3S. The van der Waals surface area contributed by atoms with Crippen LogP contribution < -0.4 is 0 Å². The number of carbonyl (C=O) groups excluding carboxylic acids is 1. The van der Waals surface area contributed by atoms with Crippen molar-refractivity contribution in [1.82, 2.24) is 3.97 Å². The molecule has 4 nitrogen and oxygen atoms in total. The number of rotatable bonds is 4. The third-order valence-corrected chi connectivity index (χ3v) is 4.64. The fourth-order valence-electron chi connectivity index (χ4n) is 1.75. The summed E-state index contributed by atoms with van der Waals surface area (Å²) in [6.07, 6.45) is 2.84. The average molecular weight is 298 g/mol. The Morgan fingerprint density at radius 2 is 1.89 bits per heavy atom.